The minimum atomic E-state index is -0.512. The van der Waals surface area contributed by atoms with Gasteiger partial charge < -0.3 is 4.74 Å². The lowest BCUT2D eigenvalue weighted by Gasteiger charge is -2.19. The lowest BCUT2D eigenvalue weighted by molar-refractivity contribution is -0.144. The van der Waals surface area contributed by atoms with Gasteiger partial charge in [0.1, 0.15) is 5.75 Å². The average Bonchev–Trinajstić information content (AvgIpc) is 2.79. The molecule has 0 amide bonds. The molecule has 5 nitrogen and oxygen atoms in total. The Morgan fingerprint density at radius 3 is 1.80 bits per heavy atom. The van der Waals surface area contributed by atoms with E-state index in [-0.39, 0.29) is 5.97 Å². The summed E-state index contributed by atoms with van der Waals surface area (Å²) in [6.45, 7) is 5.69. The summed E-state index contributed by atoms with van der Waals surface area (Å²) in [6, 6.07) is 24.2. The Kier molecular flexibility index (Phi) is 6.38. The Hall–Kier alpha value is -3.78. The van der Waals surface area contributed by atoms with Crippen molar-refractivity contribution in [3.63, 3.8) is 0 Å². The molecule has 0 aliphatic heterocycles. The SMILES string of the molecule is CCC(C)(C)C(=O)Oc1ccc(N=Nc2ccc(-c3ccc(C#N)cc3)cc2)cc1. The lowest BCUT2D eigenvalue weighted by atomic mass is 9.91. The molecule has 0 aliphatic rings. The van der Waals surface area contributed by atoms with Gasteiger partial charge in [0.15, 0.2) is 0 Å². The van der Waals surface area contributed by atoms with Crippen LogP contribution in [-0.2, 0) is 4.79 Å². The van der Waals surface area contributed by atoms with Gasteiger partial charge in [-0.1, -0.05) is 31.2 Å². The molecule has 3 rings (SSSR count). The summed E-state index contributed by atoms with van der Waals surface area (Å²) >= 11 is 0. The minimum absolute atomic E-state index is 0.248. The number of hydrogen-bond acceptors (Lipinski definition) is 5. The van der Waals surface area contributed by atoms with Crippen molar-refractivity contribution in [2.75, 3.05) is 0 Å². The predicted octanol–water partition coefficient (Wildman–Crippen LogP) is 6.98. The zero-order valence-electron chi connectivity index (χ0n) is 17.3. The molecule has 3 aromatic rings. The summed E-state index contributed by atoms with van der Waals surface area (Å²) in [4.78, 5) is 12.1. The van der Waals surface area contributed by atoms with Crippen LogP contribution < -0.4 is 4.74 Å². The van der Waals surface area contributed by atoms with E-state index in [0.717, 1.165) is 16.8 Å². The molecule has 0 aliphatic carbocycles. The normalized spacial score (nSPS) is 11.3. The molecule has 0 saturated carbocycles. The highest BCUT2D eigenvalue weighted by atomic mass is 16.5. The third kappa shape index (κ3) is 5.18. The highest BCUT2D eigenvalue weighted by molar-refractivity contribution is 5.78. The third-order valence-electron chi connectivity index (χ3n) is 4.98. The summed E-state index contributed by atoms with van der Waals surface area (Å²) in [5, 5.41) is 17.4. The maximum Gasteiger partial charge on any atom is 0.316 e. The minimum Gasteiger partial charge on any atom is -0.426 e. The molecule has 0 unspecified atom stereocenters. The van der Waals surface area contributed by atoms with Gasteiger partial charge in [-0.3, -0.25) is 4.79 Å². The van der Waals surface area contributed by atoms with Gasteiger partial charge in [-0.2, -0.15) is 15.5 Å². The van der Waals surface area contributed by atoms with Crippen LogP contribution >= 0.6 is 0 Å². The maximum atomic E-state index is 12.1. The summed E-state index contributed by atoms with van der Waals surface area (Å²) < 4.78 is 5.43. The molecule has 5 heteroatoms. The number of carbonyl (C=O) groups is 1. The van der Waals surface area contributed by atoms with Gasteiger partial charge in [0.05, 0.1) is 28.4 Å². The first-order chi connectivity index (χ1) is 14.4. The zero-order valence-corrected chi connectivity index (χ0v) is 17.3. The van der Waals surface area contributed by atoms with Crippen LogP contribution in [0, 0.1) is 16.7 Å². The summed E-state index contributed by atoms with van der Waals surface area (Å²) in [7, 11) is 0. The molecular weight excluding hydrogens is 374 g/mol. The fourth-order valence-electron chi connectivity index (χ4n) is 2.54. The van der Waals surface area contributed by atoms with Crippen LogP contribution in [-0.4, -0.2) is 5.97 Å². The number of rotatable bonds is 6. The number of benzene rings is 3. The molecule has 0 bridgehead atoms. The van der Waals surface area contributed by atoms with E-state index in [4.69, 9.17) is 10.00 Å². The number of nitriles is 1. The Labute approximate surface area is 176 Å². The van der Waals surface area contributed by atoms with Crippen molar-refractivity contribution in [1.29, 1.82) is 5.26 Å². The second-order valence-corrected chi connectivity index (χ2v) is 7.56. The molecule has 0 aromatic heterocycles. The van der Waals surface area contributed by atoms with E-state index in [1.54, 1.807) is 36.4 Å². The smallest absolute Gasteiger partial charge is 0.316 e. The molecule has 0 atom stereocenters. The number of nitrogens with zero attached hydrogens (tertiary/aromatic N) is 3. The van der Waals surface area contributed by atoms with Crippen molar-refractivity contribution < 1.29 is 9.53 Å². The van der Waals surface area contributed by atoms with Crippen molar-refractivity contribution in [3.8, 4) is 22.9 Å². The van der Waals surface area contributed by atoms with Gasteiger partial charge >= 0.3 is 5.97 Å². The van der Waals surface area contributed by atoms with Crippen LogP contribution in [0.5, 0.6) is 5.75 Å². The Bertz CT molecular complexity index is 1080. The molecule has 0 N–H and O–H groups in total. The Balaban J connectivity index is 1.64. The van der Waals surface area contributed by atoms with Crippen LogP contribution in [0.15, 0.2) is 83.0 Å². The molecule has 0 fully saturated rings. The predicted molar refractivity (Wildman–Crippen MR) is 117 cm³/mol. The first-order valence-corrected chi connectivity index (χ1v) is 9.76. The van der Waals surface area contributed by atoms with E-state index in [9.17, 15) is 4.79 Å². The monoisotopic (exact) mass is 397 g/mol. The van der Waals surface area contributed by atoms with Crippen molar-refractivity contribution >= 4 is 17.3 Å². The Morgan fingerprint density at radius 2 is 1.33 bits per heavy atom. The summed E-state index contributed by atoms with van der Waals surface area (Å²) in [6.07, 6.45) is 0.710. The fraction of sp³-hybridized carbons (Fsp3) is 0.200. The van der Waals surface area contributed by atoms with Crippen LogP contribution in [0.4, 0.5) is 11.4 Å². The van der Waals surface area contributed by atoms with Crippen LogP contribution in [0.1, 0.15) is 32.8 Å². The quantitative estimate of drug-likeness (QED) is 0.256. The lowest BCUT2D eigenvalue weighted by Crippen LogP contribution is -2.28. The van der Waals surface area contributed by atoms with Crippen LogP contribution in [0.25, 0.3) is 11.1 Å². The first kappa shape index (κ1) is 20.9. The number of azo groups is 1. The summed E-state index contributed by atoms with van der Waals surface area (Å²) in [5.41, 5.74) is 3.60. The molecule has 0 heterocycles. The van der Waals surface area contributed by atoms with E-state index >= 15 is 0 Å². The van der Waals surface area contributed by atoms with Crippen molar-refractivity contribution in [2.24, 2.45) is 15.6 Å². The fourth-order valence-corrected chi connectivity index (χ4v) is 2.54. The van der Waals surface area contributed by atoms with E-state index in [2.05, 4.69) is 16.3 Å². The van der Waals surface area contributed by atoms with Crippen molar-refractivity contribution in [1.82, 2.24) is 0 Å². The van der Waals surface area contributed by atoms with Gasteiger partial charge in [0.2, 0.25) is 0 Å². The van der Waals surface area contributed by atoms with Gasteiger partial charge in [0, 0.05) is 0 Å². The highest BCUT2D eigenvalue weighted by Gasteiger charge is 2.27. The van der Waals surface area contributed by atoms with Crippen LogP contribution in [0.2, 0.25) is 0 Å². The first-order valence-electron chi connectivity index (χ1n) is 9.76. The van der Waals surface area contributed by atoms with Gasteiger partial charge in [-0.05, 0) is 79.9 Å². The number of ether oxygens (including phenoxy) is 1. The molecule has 0 radical (unpaired) electrons. The molecule has 3 aromatic carbocycles. The van der Waals surface area contributed by atoms with E-state index < -0.39 is 5.41 Å². The highest BCUT2D eigenvalue weighted by Crippen LogP contribution is 2.27. The van der Waals surface area contributed by atoms with Gasteiger partial charge in [0.25, 0.3) is 0 Å². The van der Waals surface area contributed by atoms with E-state index in [1.807, 2.05) is 57.2 Å². The zero-order chi connectivity index (χ0) is 21.6. The van der Waals surface area contributed by atoms with Crippen LogP contribution in [0.3, 0.4) is 0 Å². The largest absolute Gasteiger partial charge is 0.426 e. The Morgan fingerprint density at radius 1 is 0.867 bits per heavy atom. The van der Waals surface area contributed by atoms with Crippen molar-refractivity contribution in [2.45, 2.75) is 27.2 Å². The maximum absolute atomic E-state index is 12.1. The third-order valence-corrected chi connectivity index (χ3v) is 4.98. The second kappa shape index (κ2) is 9.15. The molecule has 0 spiro atoms. The van der Waals surface area contributed by atoms with E-state index in [1.165, 1.54) is 0 Å². The molecular formula is C25H23N3O2. The molecule has 0 saturated heterocycles. The van der Waals surface area contributed by atoms with Gasteiger partial charge in [-0.25, -0.2) is 0 Å². The van der Waals surface area contributed by atoms with Crippen molar-refractivity contribution in [3.05, 3.63) is 78.4 Å². The standard InChI is InChI=1S/C25H23N3O2/c1-4-25(2,3)24(29)30-23-15-13-22(14-16-23)28-27-21-11-9-20(10-12-21)19-7-5-18(17-26)6-8-19/h5-16H,4H2,1-3H3. The molecule has 150 valence electrons. The average molecular weight is 397 g/mol. The molecule has 30 heavy (non-hydrogen) atoms. The van der Waals surface area contributed by atoms with Gasteiger partial charge in [-0.15, -0.1) is 0 Å². The number of hydrogen-bond donors (Lipinski definition) is 0. The number of carbonyl (C=O) groups excluding carboxylic acids is 1. The topological polar surface area (TPSA) is 74.8 Å². The summed E-state index contributed by atoms with van der Waals surface area (Å²) in [5.74, 6) is 0.244. The second-order valence-electron chi connectivity index (χ2n) is 7.56. The number of esters is 1. The van der Waals surface area contributed by atoms with E-state index in [0.29, 0.717) is 23.4 Å².